The molecule has 24 heavy (non-hydrogen) atoms. The quantitative estimate of drug-likeness (QED) is 0.365. The highest BCUT2D eigenvalue weighted by Crippen LogP contribution is 2.22. The molecule has 0 fully saturated rings. The first-order valence-corrected chi connectivity index (χ1v) is 8.51. The summed E-state index contributed by atoms with van der Waals surface area (Å²) in [6.07, 6.45) is 3.75. The number of hydrogen-bond acceptors (Lipinski definition) is 5. The van der Waals surface area contributed by atoms with Crippen LogP contribution in [0.3, 0.4) is 0 Å². The van der Waals surface area contributed by atoms with E-state index in [-0.39, 0.29) is 5.97 Å². The summed E-state index contributed by atoms with van der Waals surface area (Å²) < 4.78 is 11.8. The van der Waals surface area contributed by atoms with Gasteiger partial charge >= 0.3 is 5.97 Å². The molecular weight excluding hydrogens is 322 g/mol. The summed E-state index contributed by atoms with van der Waals surface area (Å²) in [5.41, 5.74) is 0.938. The van der Waals surface area contributed by atoms with Gasteiger partial charge in [-0.25, -0.2) is 9.78 Å². The maximum absolute atomic E-state index is 11.7. The number of hydrogen-bond donors (Lipinski definition) is 0. The molecule has 1 aromatic heterocycles. The van der Waals surface area contributed by atoms with Crippen LogP contribution in [0.1, 0.15) is 11.4 Å². The molecule has 122 valence electrons. The zero-order chi connectivity index (χ0) is 16.6. The zero-order valence-corrected chi connectivity index (χ0v) is 13.9. The van der Waals surface area contributed by atoms with Crippen molar-refractivity contribution in [2.24, 2.45) is 0 Å². The van der Waals surface area contributed by atoms with Crippen LogP contribution in [0.4, 0.5) is 0 Å². The number of thiazole rings is 1. The molecule has 0 bridgehead atoms. The Bertz CT molecular complexity index is 794. The second-order valence-electron chi connectivity index (χ2n) is 5.04. The van der Waals surface area contributed by atoms with Gasteiger partial charge in [-0.15, -0.1) is 11.3 Å². The Balaban J connectivity index is 1.39. The predicted octanol–water partition coefficient (Wildman–Crippen LogP) is 4.32. The monoisotopic (exact) mass is 339 g/mol. The third-order valence-electron chi connectivity index (χ3n) is 3.22. The average molecular weight is 339 g/mol. The fourth-order valence-corrected chi connectivity index (χ4v) is 2.96. The van der Waals surface area contributed by atoms with Crippen LogP contribution in [0.2, 0.25) is 0 Å². The lowest BCUT2D eigenvalue weighted by molar-refractivity contribution is -0.137. The molecule has 0 atom stereocenters. The van der Waals surface area contributed by atoms with Crippen molar-refractivity contribution in [1.82, 2.24) is 4.98 Å². The van der Waals surface area contributed by atoms with E-state index in [9.17, 15) is 4.79 Å². The van der Waals surface area contributed by atoms with Gasteiger partial charge in [0.1, 0.15) is 10.8 Å². The fraction of sp³-hybridized carbons (Fsp3) is 0.158. The lowest BCUT2D eigenvalue weighted by Crippen LogP contribution is -2.06. The van der Waals surface area contributed by atoms with E-state index in [1.165, 1.54) is 6.08 Å². The number of nitrogens with zero attached hydrogens (tertiary/aromatic N) is 1. The Morgan fingerprint density at radius 1 is 1.04 bits per heavy atom. The van der Waals surface area contributed by atoms with E-state index in [4.69, 9.17) is 9.47 Å². The van der Waals surface area contributed by atoms with Gasteiger partial charge in [0.2, 0.25) is 0 Å². The van der Waals surface area contributed by atoms with Crippen LogP contribution in [0.5, 0.6) is 5.75 Å². The smallest absolute Gasteiger partial charge is 0.330 e. The molecule has 0 aliphatic heterocycles. The van der Waals surface area contributed by atoms with Crippen molar-refractivity contribution in [1.29, 1.82) is 0 Å². The highest BCUT2D eigenvalue weighted by atomic mass is 32.1. The van der Waals surface area contributed by atoms with Gasteiger partial charge in [0.25, 0.3) is 0 Å². The summed E-state index contributed by atoms with van der Waals surface area (Å²) in [5, 5.41) is 0.792. The number of para-hydroxylation sites is 2. The summed E-state index contributed by atoms with van der Waals surface area (Å²) in [6, 6.07) is 17.4. The number of carbonyl (C=O) groups is 1. The minimum Gasteiger partial charge on any atom is -0.493 e. The van der Waals surface area contributed by atoms with E-state index < -0.39 is 0 Å². The number of benzene rings is 2. The first kappa shape index (κ1) is 16.2. The molecule has 2 aromatic carbocycles. The van der Waals surface area contributed by atoms with Crippen LogP contribution in [0, 0.1) is 0 Å². The Morgan fingerprint density at radius 2 is 1.83 bits per heavy atom. The molecule has 0 amide bonds. The normalized spacial score (nSPS) is 11.0. The van der Waals surface area contributed by atoms with Crippen molar-refractivity contribution in [2.75, 3.05) is 13.2 Å². The van der Waals surface area contributed by atoms with Crippen LogP contribution in [0.15, 0.2) is 60.7 Å². The van der Waals surface area contributed by atoms with Crippen LogP contribution in [-0.4, -0.2) is 24.2 Å². The number of esters is 1. The molecule has 0 aliphatic rings. The molecule has 0 saturated heterocycles. The van der Waals surface area contributed by atoms with E-state index in [1.807, 2.05) is 54.6 Å². The van der Waals surface area contributed by atoms with Crippen LogP contribution in [0.25, 0.3) is 16.3 Å². The van der Waals surface area contributed by atoms with Crippen molar-refractivity contribution < 1.29 is 14.3 Å². The molecule has 4 nitrogen and oxygen atoms in total. The summed E-state index contributed by atoms with van der Waals surface area (Å²) in [6.45, 7) is 0.842. The van der Waals surface area contributed by atoms with E-state index in [1.54, 1.807) is 17.4 Å². The maximum atomic E-state index is 11.7. The van der Waals surface area contributed by atoms with Crippen molar-refractivity contribution in [3.63, 3.8) is 0 Å². The Kier molecular flexibility index (Phi) is 5.58. The molecule has 3 rings (SSSR count). The zero-order valence-electron chi connectivity index (χ0n) is 13.1. The summed E-state index contributed by atoms with van der Waals surface area (Å²) in [5.74, 6) is 0.452. The SMILES string of the molecule is O=C(/C=C/c1nc2ccccc2s1)OCCCOc1ccccc1. The largest absolute Gasteiger partial charge is 0.493 e. The van der Waals surface area contributed by atoms with E-state index in [0.717, 1.165) is 21.0 Å². The van der Waals surface area contributed by atoms with Crippen molar-refractivity contribution in [3.05, 3.63) is 65.7 Å². The molecule has 0 aliphatic carbocycles. The third-order valence-corrected chi connectivity index (χ3v) is 4.22. The minimum atomic E-state index is -0.367. The Labute approximate surface area is 144 Å². The van der Waals surface area contributed by atoms with Gasteiger partial charge in [-0.05, 0) is 30.3 Å². The van der Waals surface area contributed by atoms with Crippen molar-refractivity contribution in [2.45, 2.75) is 6.42 Å². The standard InChI is InChI=1S/C19H17NO3S/c21-19(23-14-6-13-22-15-7-2-1-3-8-15)12-11-18-20-16-9-4-5-10-17(16)24-18/h1-5,7-12H,6,13-14H2/b12-11+. The summed E-state index contributed by atoms with van der Waals surface area (Å²) in [4.78, 5) is 16.1. The first-order valence-electron chi connectivity index (χ1n) is 7.69. The molecule has 0 N–H and O–H groups in total. The second-order valence-corrected chi connectivity index (χ2v) is 6.10. The van der Waals surface area contributed by atoms with Gasteiger partial charge in [0.05, 0.1) is 23.4 Å². The molecule has 1 heterocycles. The van der Waals surface area contributed by atoms with E-state index >= 15 is 0 Å². The highest BCUT2D eigenvalue weighted by molar-refractivity contribution is 7.19. The minimum absolute atomic E-state index is 0.329. The topological polar surface area (TPSA) is 48.4 Å². The highest BCUT2D eigenvalue weighted by Gasteiger charge is 2.02. The molecule has 0 spiro atoms. The predicted molar refractivity (Wildman–Crippen MR) is 96.2 cm³/mol. The lowest BCUT2D eigenvalue weighted by atomic mass is 10.3. The van der Waals surface area contributed by atoms with Crippen LogP contribution in [-0.2, 0) is 9.53 Å². The number of rotatable bonds is 7. The lowest BCUT2D eigenvalue weighted by Gasteiger charge is -2.05. The molecule has 0 saturated carbocycles. The second kappa shape index (κ2) is 8.26. The van der Waals surface area contributed by atoms with Gasteiger partial charge in [-0.2, -0.15) is 0 Å². The third kappa shape index (κ3) is 4.67. The van der Waals surface area contributed by atoms with Gasteiger partial charge in [0, 0.05) is 12.5 Å². The fourth-order valence-electron chi connectivity index (χ4n) is 2.09. The Morgan fingerprint density at radius 3 is 2.67 bits per heavy atom. The molecule has 5 heteroatoms. The summed E-state index contributed by atoms with van der Waals surface area (Å²) >= 11 is 1.54. The molecular formula is C19H17NO3S. The molecule has 3 aromatic rings. The number of aromatic nitrogens is 1. The van der Waals surface area contributed by atoms with Gasteiger partial charge in [0.15, 0.2) is 0 Å². The number of ether oxygens (including phenoxy) is 2. The van der Waals surface area contributed by atoms with Crippen LogP contribution < -0.4 is 4.74 Å². The average Bonchev–Trinajstić information content (AvgIpc) is 3.03. The number of carbonyl (C=O) groups excluding carboxylic acids is 1. The summed E-state index contributed by atoms with van der Waals surface area (Å²) in [7, 11) is 0. The van der Waals surface area contributed by atoms with Gasteiger partial charge in [-0.1, -0.05) is 30.3 Å². The molecule has 0 radical (unpaired) electrons. The van der Waals surface area contributed by atoms with E-state index in [2.05, 4.69) is 4.98 Å². The van der Waals surface area contributed by atoms with E-state index in [0.29, 0.717) is 19.6 Å². The maximum Gasteiger partial charge on any atom is 0.330 e. The number of fused-ring (bicyclic) bond motifs is 1. The molecule has 0 unspecified atom stereocenters. The Hall–Kier alpha value is -2.66. The van der Waals surface area contributed by atoms with Crippen molar-refractivity contribution >= 4 is 33.6 Å². The first-order chi connectivity index (χ1) is 11.8. The van der Waals surface area contributed by atoms with Crippen molar-refractivity contribution in [3.8, 4) is 5.75 Å². The van der Waals surface area contributed by atoms with Gasteiger partial charge in [-0.3, -0.25) is 0 Å². The van der Waals surface area contributed by atoms with Gasteiger partial charge < -0.3 is 9.47 Å². The van der Waals surface area contributed by atoms with Crippen LogP contribution >= 0.6 is 11.3 Å².